The molecule has 114 valence electrons. The van der Waals surface area contributed by atoms with Crippen molar-refractivity contribution >= 4 is 16.9 Å². The fraction of sp³-hybridized carbons (Fsp3) is 0.471. The van der Waals surface area contributed by atoms with Crippen LogP contribution in [0.15, 0.2) is 18.3 Å². The summed E-state index contributed by atoms with van der Waals surface area (Å²) in [5.41, 5.74) is 9.47. The number of aromatic nitrogens is 1. The van der Waals surface area contributed by atoms with Crippen molar-refractivity contribution in [3.63, 3.8) is 0 Å². The summed E-state index contributed by atoms with van der Waals surface area (Å²) in [6.45, 7) is 7.86. The highest BCUT2D eigenvalue weighted by Gasteiger charge is 2.17. The lowest BCUT2D eigenvalue weighted by atomic mass is 9.96. The van der Waals surface area contributed by atoms with E-state index in [1.165, 1.54) is 5.52 Å². The molecular formula is C17H24N2O2. The molecule has 0 amide bonds. The lowest BCUT2D eigenvalue weighted by molar-refractivity contribution is 0.0697. The van der Waals surface area contributed by atoms with E-state index in [0.29, 0.717) is 12.1 Å². The van der Waals surface area contributed by atoms with Crippen LogP contribution in [0.25, 0.3) is 10.9 Å². The van der Waals surface area contributed by atoms with Crippen LogP contribution in [0, 0.1) is 0 Å². The molecule has 0 aliphatic rings. The van der Waals surface area contributed by atoms with Crippen LogP contribution in [-0.2, 0) is 13.0 Å². The number of aromatic carboxylic acids is 1. The molecule has 0 fully saturated rings. The van der Waals surface area contributed by atoms with Gasteiger partial charge in [0.05, 0.1) is 11.1 Å². The van der Waals surface area contributed by atoms with Crippen LogP contribution in [0.3, 0.4) is 0 Å². The third-order valence-corrected chi connectivity index (χ3v) is 3.83. The Balaban J connectivity index is 2.79. The zero-order chi connectivity index (χ0) is 15.6. The van der Waals surface area contributed by atoms with Crippen molar-refractivity contribution in [2.24, 2.45) is 5.73 Å². The fourth-order valence-electron chi connectivity index (χ4n) is 2.88. The fourth-order valence-corrected chi connectivity index (χ4v) is 2.88. The standard InChI is InChI=1S/C17H24N2O2/c1-4-7-19-10-12(5-6-18)15-9-13(17(20)21)8-14(11(2)3)16(15)19/h8-11H,4-7,18H2,1-3H3,(H,20,21). The van der Waals surface area contributed by atoms with Crippen molar-refractivity contribution in [2.75, 3.05) is 6.54 Å². The van der Waals surface area contributed by atoms with Crippen molar-refractivity contribution in [1.82, 2.24) is 4.57 Å². The Labute approximate surface area is 125 Å². The largest absolute Gasteiger partial charge is 0.478 e. The molecule has 0 aliphatic heterocycles. The Hall–Kier alpha value is -1.81. The van der Waals surface area contributed by atoms with Crippen LogP contribution in [0.4, 0.5) is 0 Å². The molecule has 4 heteroatoms. The third kappa shape index (κ3) is 2.95. The van der Waals surface area contributed by atoms with Gasteiger partial charge in [-0.3, -0.25) is 0 Å². The molecule has 4 nitrogen and oxygen atoms in total. The summed E-state index contributed by atoms with van der Waals surface area (Å²) in [6.07, 6.45) is 3.95. The topological polar surface area (TPSA) is 68.2 Å². The molecule has 0 radical (unpaired) electrons. The first-order valence-corrected chi connectivity index (χ1v) is 7.58. The monoisotopic (exact) mass is 288 g/mol. The highest BCUT2D eigenvalue weighted by molar-refractivity contribution is 5.97. The normalized spacial score (nSPS) is 11.5. The van der Waals surface area contributed by atoms with E-state index >= 15 is 0 Å². The summed E-state index contributed by atoms with van der Waals surface area (Å²) in [6, 6.07) is 3.61. The Morgan fingerprint density at radius 2 is 2.10 bits per heavy atom. The highest BCUT2D eigenvalue weighted by atomic mass is 16.4. The molecule has 0 atom stereocenters. The van der Waals surface area contributed by atoms with E-state index in [0.717, 1.165) is 35.9 Å². The number of hydrogen-bond acceptors (Lipinski definition) is 2. The number of fused-ring (bicyclic) bond motifs is 1. The lowest BCUT2D eigenvalue weighted by Gasteiger charge is -2.13. The summed E-state index contributed by atoms with van der Waals surface area (Å²) in [4.78, 5) is 11.4. The number of carbonyl (C=O) groups is 1. The van der Waals surface area contributed by atoms with Crippen LogP contribution in [0.5, 0.6) is 0 Å². The van der Waals surface area contributed by atoms with E-state index in [1.807, 2.05) is 6.07 Å². The van der Waals surface area contributed by atoms with Crippen molar-refractivity contribution in [3.8, 4) is 0 Å². The Morgan fingerprint density at radius 3 is 2.62 bits per heavy atom. The molecule has 0 saturated heterocycles. The molecule has 0 bridgehead atoms. The van der Waals surface area contributed by atoms with Gasteiger partial charge in [-0.1, -0.05) is 20.8 Å². The van der Waals surface area contributed by atoms with E-state index in [9.17, 15) is 9.90 Å². The number of nitrogens with zero attached hydrogens (tertiary/aromatic N) is 1. The first-order valence-electron chi connectivity index (χ1n) is 7.58. The van der Waals surface area contributed by atoms with Crippen molar-refractivity contribution in [3.05, 3.63) is 35.0 Å². The number of aryl methyl sites for hydroxylation is 1. The third-order valence-electron chi connectivity index (χ3n) is 3.83. The van der Waals surface area contributed by atoms with Crippen LogP contribution in [-0.4, -0.2) is 22.2 Å². The van der Waals surface area contributed by atoms with Gasteiger partial charge in [-0.05, 0) is 48.6 Å². The first kappa shape index (κ1) is 15.6. The Kier molecular flexibility index (Phi) is 4.68. The molecule has 0 spiro atoms. The van der Waals surface area contributed by atoms with Gasteiger partial charge >= 0.3 is 5.97 Å². The highest BCUT2D eigenvalue weighted by Crippen LogP contribution is 2.31. The maximum Gasteiger partial charge on any atom is 0.335 e. The summed E-state index contributed by atoms with van der Waals surface area (Å²) in [7, 11) is 0. The van der Waals surface area contributed by atoms with Crippen LogP contribution < -0.4 is 5.73 Å². The van der Waals surface area contributed by atoms with Gasteiger partial charge in [0.1, 0.15) is 0 Å². The Morgan fingerprint density at radius 1 is 1.38 bits per heavy atom. The predicted molar refractivity (Wildman–Crippen MR) is 86.0 cm³/mol. The van der Waals surface area contributed by atoms with Gasteiger partial charge in [-0.2, -0.15) is 0 Å². The molecule has 0 aliphatic carbocycles. The molecule has 21 heavy (non-hydrogen) atoms. The average Bonchev–Trinajstić information content (AvgIpc) is 2.77. The molecule has 3 N–H and O–H groups in total. The van der Waals surface area contributed by atoms with Gasteiger partial charge in [-0.25, -0.2) is 4.79 Å². The summed E-state index contributed by atoms with van der Waals surface area (Å²) in [5, 5.41) is 10.4. The van der Waals surface area contributed by atoms with Crippen LogP contribution >= 0.6 is 0 Å². The number of benzene rings is 1. The number of rotatable bonds is 6. The van der Waals surface area contributed by atoms with E-state index in [1.54, 1.807) is 6.07 Å². The van der Waals surface area contributed by atoms with Gasteiger partial charge in [0.15, 0.2) is 0 Å². The van der Waals surface area contributed by atoms with E-state index < -0.39 is 5.97 Å². The molecule has 1 heterocycles. The first-order chi connectivity index (χ1) is 9.99. The smallest absolute Gasteiger partial charge is 0.335 e. The zero-order valence-electron chi connectivity index (χ0n) is 13.0. The number of carboxylic acids is 1. The van der Waals surface area contributed by atoms with Gasteiger partial charge in [0.25, 0.3) is 0 Å². The minimum atomic E-state index is -0.874. The number of hydrogen-bond donors (Lipinski definition) is 2. The second-order valence-corrected chi connectivity index (χ2v) is 5.81. The SMILES string of the molecule is CCCn1cc(CCN)c2cc(C(=O)O)cc(C(C)C)c21. The maximum absolute atomic E-state index is 11.4. The second kappa shape index (κ2) is 6.31. The van der Waals surface area contributed by atoms with Gasteiger partial charge in [0, 0.05) is 18.1 Å². The quantitative estimate of drug-likeness (QED) is 0.856. The van der Waals surface area contributed by atoms with Gasteiger partial charge < -0.3 is 15.4 Å². The summed E-state index contributed by atoms with van der Waals surface area (Å²) < 4.78 is 2.25. The average molecular weight is 288 g/mol. The summed E-state index contributed by atoms with van der Waals surface area (Å²) in [5.74, 6) is -0.594. The molecule has 2 aromatic rings. The van der Waals surface area contributed by atoms with Crippen molar-refractivity contribution in [1.29, 1.82) is 0 Å². The molecule has 0 unspecified atom stereocenters. The van der Waals surface area contributed by atoms with E-state index in [-0.39, 0.29) is 5.92 Å². The molecule has 0 saturated carbocycles. The van der Waals surface area contributed by atoms with Gasteiger partial charge in [0.2, 0.25) is 0 Å². The minimum Gasteiger partial charge on any atom is -0.478 e. The molecular weight excluding hydrogens is 264 g/mol. The molecule has 1 aromatic heterocycles. The van der Waals surface area contributed by atoms with E-state index in [4.69, 9.17) is 5.73 Å². The van der Waals surface area contributed by atoms with Crippen LogP contribution in [0.1, 0.15) is 54.6 Å². The predicted octanol–water partition coefficient (Wildman–Crippen LogP) is 3.37. The number of nitrogens with two attached hydrogens (primary N) is 1. The van der Waals surface area contributed by atoms with Gasteiger partial charge in [-0.15, -0.1) is 0 Å². The molecule has 1 aromatic carbocycles. The van der Waals surface area contributed by atoms with Crippen LogP contribution in [0.2, 0.25) is 0 Å². The summed E-state index contributed by atoms with van der Waals surface area (Å²) >= 11 is 0. The second-order valence-electron chi connectivity index (χ2n) is 5.81. The Bertz CT molecular complexity index is 656. The minimum absolute atomic E-state index is 0.281. The van der Waals surface area contributed by atoms with E-state index in [2.05, 4.69) is 31.5 Å². The lowest BCUT2D eigenvalue weighted by Crippen LogP contribution is -2.03. The zero-order valence-corrected chi connectivity index (χ0v) is 13.0. The maximum atomic E-state index is 11.4. The number of carboxylic acid groups (broad SMARTS) is 1. The molecule has 2 rings (SSSR count). The van der Waals surface area contributed by atoms with Crippen molar-refractivity contribution in [2.45, 2.75) is 46.1 Å². The van der Waals surface area contributed by atoms with Crippen molar-refractivity contribution < 1.29 is 9.90 Å².